The number of para-hydroxylation sites is 1. The van der Waals surface area contributed by atoms with Gasteiger partial charge in [-0.1, -0.05) is 67.1 Å². The molecule has 3 aromatic carbocycles. The SMILES string of the molecule is CC[C@@H](CO)NC(=O)/C(=C/c1ccc(Cl)cc1)c1ccc(OCc2ccc3ccccc3n2)cc1. The Kier molecular flexibility index (Phi) is 8.14. The van der Waals surface area contributed by atoms with Gasteiger partial charge in [0.25, 0.3) is 5.91 Å². The van der Waals surface area contributed by atoms with Crippen LogP contribution in [0.1, 0.15) is 30.2 Å². The zero-order chi connectivity index (χ0) is 24.6. The molecule has 0 aliphatic heterocycles. The smallest absolute Gasteiger partial charge is 0.252 e. The van der Waals surface area contributed by atoms with Gasteiger partial charge in [0.1, 0.15) is 12.4 Å². The number of hydrogen-bond acceptors (Lipinski definition) is 4. The summed E-state index contributed by atoms with van der Waals surface area (Å²) >= 11 is 6.01. The largest absolute Gasteiger partial charge is 0.487 e. The van der Waals surface area contributed by atoms with Crippen molar-refractivity contribution in [2.75, 3.05) is 6.61 Å². The van der Waals surface area contributed by atoms with Crippen LogP contribution in [0.5, 0.6) is 5.75 Å². The van der Waals surface area contributed by atoms with Gasteiger partial charge in [0.15, 0.2) is 0 Å². The molecule has 0 saturated carbocycles. The van der Waals surface area contributed by atoms with Crippen LogP contribution in [0.15, 0.2) is 84.9 Å². The Morgan fingerprint density at radius 2 is 1.77 bits per heavy atom. The molecule has 0 bridgehead atoms. The normalized spacial score (nSPS) is 12.4. The number of aliphatic hydroxyl groups is 1. The lowest BCUT2D eigenvalue weighted by atomic mass is 10.0. The molecule has 0 radical (unpaired) electrons. The van der Waals surface area contributed by atoms with Crippen molar-refractivity contribution < 1.29 is 14.6 Å². The number of aromatic nitrogens is 1. The maximum Gasteiger partial charge on any atom is 0.252 e. The van der Waals surface area contributed by atoms with Crippen molar-refractivity contribution in [3.63, 3.8) is 0 Å². The molecule has 0 aliphatic carbocycles. The number of rotatable bonds is 9. The minimum absolute atomic E-state index is 0.119. The summed E-state index contributed by atoms with van der Waals surface area (Å²) in [4.78, 5) is 17.7. The molecular formula is C29H27ClN2O3. The number of carbonyl (C=O) groups excluding carboxylic acids is 1. The fraction of sp³-hybridized carbons (Fsp3) is 0.172. The van der Waals surface area contributed by atoms with Crippen molar-refractivity contribution in [1.82, 2.24) is 10.3 Å². The lowest BCUT2D eigenvalue weighted by Gasteiger charge is -2.16. The number of fused-ring (bicyclic) bond motifs is 1. The number of benzene rings is 3. The van der Waals surface area contributed by atoms with Crippen molar-refractivity contribution in [3.05, 3.63) is 107 Å². The number of halogens is 1. The Balaban J connectivity index is 1.53. The van der Waals surface area contributed by atoms with E-state index in [1.807, 2.05) is 85.8 Å². The number of amides is 1. The van der Waals surface area contributed by atoms with Gasteiger partial charge in [0, 0.05) is 16.0 Å². The number of nitrogens with one attached hydrogen (secondary N) is 1. The molecule has 0 aliphatic rings. The van der Waals surface area contributed by atoms with Gasteiger partial charge in [-0.25, -0.2) is 4.98 Å². The highest BCUT2D eigenvalue weighted by Gasteiger charge is 2.16. The van der Waals surface area contributed by atoms with Crippen LogP contribution in [0.2, 0.25) is 5.02 Å². The Labute approximate surface area is 210 Å². The van der Waals surface area contributed by atoms with Crippen LogP contribution in [0.3, 0.4) is 0 Å². The fourth-order valence-corrected chi connectivity index (χ4v) is 3.75. The molecule has 1 heterocycles. The van der Waals surface area contributed by atoms with Crippen LogP contribution < -0.4 is 10.1 Å². The van der Waals surface area contributed by atoms with E-state index in [0.717, 1.165) is 27.7 Å². The highest BCUT2D eigenvalue weighted by molar-refractivity contribution is 6.30. The second kappa shape index (κ2) is 11.6. The van der Waals surface area contributed by atoms with E-state index < -0.39 is 0 Å². The highest BCUT2D eigenvalue weighted by Crippen LogP contribution is 2.23. The molecule has 1 aromatic heterocycles. The monoisotopic (exact) mass is 486 g/mol. The molecule has 0 spiro atoms. The second-order valence-electron chi connectivity index (χ2n) is 8.18. The summed E-state index contributed by atoms with van der Waals surface area (Å²) in [5.74, 6) is 0.423. The number of ether oxygens (including phenoxy) is 1. The van der Waals surface area contributed by atoms with Crippen LogP contribution in [-0.2, 0) is 11.4 Å². The van der Waals surface area contributed by atoms with Crippen molar-refractivity contribution in [3.8, 4) is 5.75 Å². The molecule has 35 heavy (non-hydrogen) atoms. The molecule has 0 saturated heterocycles. The maximum absolute atomic E-state index is 13.1. The molecule has 4 aromatic rings. The Morgan fingerprint density at radius 3 is 2.49 bits per heavy atom. The van der Waals surface area contributed by atoms with Gasteiger partial charge in [0.05, 0.1) is 23.9 Å². The molecule has 0 fully saturated rings. The summed E-state index contributed by atoms with van der Waals surface area (Å²) in [6, 6.07) is 26.3. The Hall–Kier alpha value is -3.67. The summed E-state index contributed by atoms with van der Waals surface area (Å²) in [5.41, 5.74) is 3.84. The topological polar surface area (TPSA) is 71.5 Å². The van der Waals surface area contributed by atoms with E-state index in [1.165, 1.54) is 0 Å². The van der Waals surface area contributed by atoms with Crippen molar-refractivity contribution in [2.24, 2.45) is 0 Å². The molecule has 4 rings (SSSR count). The van der Waals surface area contributed by atoms with Gasteiger partial charge in [-0.15, -0.1) is 0 Å². The molecule has 2 N–H and O–H groups in total. The molecule has 6 heteroatoms. The first-order chi connectivity index (χ1) is 17.1. The second-order valence-corrected chi connectivity index (χ2v) is 8.62. The van der Waals surface area contributed by atoms with Gasteiger partial charge < -0.3 is 15.2 Å². The van der Waals surface area contributed by atoms with Gasteiger partial charge >= 0.3 is 0 Å². The fourth-order valence-electron chi connectivity index (χ4n) is 3.62. The minimum Gasteiger partial charge on any atom is -0.487 e. The van der Waals surface area contributed by atoms with Crippen molar-refractivity contribution >= 4 is 40.1 Å². The minimum atomic E-state index is -0.312. The van der Waals surface area contributed by atoms with Crippen molar-refractivity contribution in [2.45, 2.75) is 26.0 Å². The molecule has 0 unspecified atom stereocenters. The molecule has 1 atom stereocenters. The van der Waals surface area contributed by atoms with E-state index in [1.54, 1.807) is 12.1 Å². The zero-order valence-electron chi connectivity index (χ0n) is 19.4. The van der Waals surface area contributed by atoms with E-state index in [2.05, 4.69) is 10.3 Å². The Morgan fingerprint density at radius 1 is 1.03 bits per heavy atom. The van der Waals surface area contributed by atoms with E-state index in [9.17, 15) is 9.90 Å². The van der Waals surface area contributed by atoms with Crippen LogP contribution in [0.4, 0.5) is 0 Å². The lowest BCUT2D eigenvalue weighted by Crippen LogP contribution is -2.37. The summed E-state index contributed by atoms with van der Waals surface area (Å²) in [6.07, 6.45) is 2.44. The Bertz CT molecular complexity index is 1310. The predicted octanol–water partition coefficient (Wildman–Crippen LogP) is 5.89. The third-order valence-electron chi connectivity index (χ3n) is 5.68. The van der Waals surface area contributed by atoms with Gasteiger partial charge in [-0.2, -0.15) is 0 Å². The quantitative estimate of drug-likeness (QED) is 0.228. The van der Waals surface area contributed by atoms with Gasteiger partial charge in [-0.3, -0.25) is 4.79 Å². The average Bonchev–Trinajstić information content (AvgIpc) is 2.90. The van der Waals surface area contributed by atoms with E-state index in [4.69, 9.17) is 16.3 Å². The van der Waals surface area contributed by atoms with Crippen LogP contribution in [-0.4, -0.2) is 28.6 Å². The number of carbonyl (C=O) groups is 1. The molecular weight excluding hydrogens is 460 g/mol. The zero-order valence-corrected chi connectivity index (χ0v) is 20.2. The average molecular weight is 487 g/mol. The van der Waals surface area contributed by atoms with Crippen molar-refractivity contribution in [1.29, 1.82) is 0 Å². The molecule has 1 amide bonds. The number of nitrogens with zero attached hydrogens (tertiary/aromatic N) is 1. The van der Waals surface area contributed by atoms with E-state index in [0.29, 0.717) is 29.4 Å². The highest BCUT2D eigenvalue weighted by atomic mass is 35.5. The van der Waals surface area contributed by atoms with Crippen LogP contribution in [0.25, 0.3) is 22.6 Å². The molecule has 178 valence electrons. The first kappa shape index (κ1) is 24.5. The van der Waals surface area contributed by atoms with Gasteiger partial charge in [-0.05, 0) is 60.0 Å². The summed E-state index contributed by atoms with van der Waals surface area (Å²) in [6.45, 7) is 2.14. The van der Waals surface area contributed by atoms with E-state index in [-0.39, 0.29) is 18.6 Å². The summed E-state index contributed by atoms with van der Waals surface area (Å²) in [7, 11) is 0. The number of aliphatic hydroxyl groups excluding tert-OH is 1. The van der Waals surface area contributed by atoms with Crippen LogP contribution >= 0.6 is 11.6 Å². The first-order valence-corrected chi connectivity index (χ1v) is 11.9. The summed E-state index contributed by atoms with van der Waals surface area (Å²) < 4.78 is 5.94. The first-order valence-electron chi connectivity index (χ1n) is 11.5. The number of hydrogen-bond donors (Lipinski definition) is 2. The number of pyridine rings is 1. The standard InChI is InChI=1S/C29H27ClN2O3/c1-2-24(18-33)32-29(34)27(17-20-7-12-23(30)13-8-20)21-10-15-26(16-11-21)35-19-25-14-9-22-5-3-4-6-28(22)31-25/h3-17,24,33H,2,18-19H2,1H3,(H,32,34)/b27-17+/t24-/m0/s1. The molecule has 5 nitrogen and oxygen atoms in total. The maximum atomic E-state index is 13.1. The van der Waals surface area contributed by atoms with Crippen LogP contribution in [0, 0.1) is 0 Å². The third kappa shape index (κ3) is 6.47. The summed E-state index contributed by atoms with van der Waals surface area (Å²) in [5, 5.41) is 14.1. The third-order valence-corrected chi connectivity index (χ3v) is 5.93. The van der Waals surface area contributed by atoms with Gasteiger partial charge in [0.2, 0.25) is 0 Å². The predicted molar refractivity (Wildman–Crippen MR) is 141 cm³/mol. The lowest BCUT2D eigenvalue weighted by molar-refractivity contribution is -0.116. The van der Waals surface area contributed by atoms with E-state index >= 15 is 0 Å².